The maximum absolute atomic E-state index is 13.0. The number of carbonyl (C=O) groups is 2. The van der Waals surface area contributed by atoms with Crippen LogP contribution >= 0.6 is 0 Å². The average Bonchev–Trinajstić information content (AvgIpc) is 2.62. The molecule has 0 spiro atoms. The van der Waals surface area contributed by atoms with Crippen LogP contribution < -0.4 is 5.56 Å². The number of aliphatic carboxylic acids is 1. The van der Waals surface area contributed by atoms with Crippen LogP contribution in [0.1, 0.15) is 29.8 Å². The molecular formula is C17H16FN3O4. The van der Waals surface area contributed by atoms with Gasteiger partial charge in [-0.15, -0.1) is 0 Å². The van der Waals surface area contributed by atoms with E-state index in [0.29, 0.717) is 25.1 Å². The first-order chi connectivity index (χ1) is 12.0. The summed E-state index contributed by atoms with van der Waals surface area (Å²) in [5.74, 6) is -2.05. The standard InChI is InChI=1S/C17H16FN3O4/c18-11-4-6-12(7-5-11)21-15(22)9-8-13(19-21)16(23)20-10-2-1-3-14(20)17(24)25/h4-9,14H,1-3,10H2,(H,24,25). The number of piperidine rings is 1. The molecule has 1 saturated heterocycles. The van der Waals surface area contributed by atoms with Crippen molar-refractivity contribution in [2.45, 2.75) is 25.3 Å². The fourth-order valence-corrected chi connectivity index (χ4v) is 2.87. The van der Waals surface area contributed by atoms with Gasteiger partial charge in [0.1, 0.15) is 17.6 Å². The number of hydrogen-bond acceptors (Lipinski definition) is 4. The molecule has 1 aromatic carbocycles. The van der Waals surface area contributed by atoms with Crippen LogP contribution in [-0.4, -0.2) is 44.3 Å². The van der Waals surface area contributed by atoms with Crippen molar-refractivity contribution < 1.29 is 19.1 Å². The molecular weight excluding hydrogens is 329 g/mol. The largest absolute Gasteiger partial charge is 0.480 e. The van der Waals surface area contributed by atoms with Crippen molar-refractivity contribution >= 4 is 11.9 Å². The predicted molar refractivity (Wildman–Crippen MR) is 86.1 cm³/mol. The maximum atomic E-state index is 13.0. The summed E-state index contributed by atoms with van der Waals surface area (Å²) in [6.07, 6.45) is 1.84. The van der Waals surface area contributed by atoms with Gasteiger partial charge in [-0.2, -0.15) is 9.78 Å². The van der Waals surface area contributed by atoms with Crippen LogP contribution in [0.5, 0.6) is 0 Å². The molecule has 1 amide bonds. The minimum Gasteiger partial charge on any atom is -0.480 e. The lowest BCUT2D eigenvalue weighted by atomic mass is 10.0. The van der Waals surface area contributed by atoms with Gasteiger partial charge in [-0.25, -0.2) is 9.18 Å². The number of carbonyl (C=O) groups excluding carboxylic acids is 1. The third-order valence-electron chi connectivity index (χ3n) is 4.14. The maximum Gasteiger partial charge on any atom is 0.326 e. The number of likely N-dealkylation sites (tertiary alicyclic amines) is 1. The summed E-state index contributed by atoms with van der Waals surface area (Å²) < 4.78 is 14.0. The van der Waals surface area contributed by atoms with Gasteiger partial charge in [0.2, 0.25) is 0 Å². The van der Waals surface area contributed by atoms with E-state index in [9.17, 15) is 23.9 Å². The highest BCUT2D eigenvalue weighted by molar-refractivity contribution is 5.95. The van der Waals surface area contributed by atoms with Gasteiger partial charge < -0.3 is 10.0 Å². The molecule has 1 fully saturated rings. The van der Waals surface area contributed by atoms with Gasteiger partial charge in [0, 0.05) is 12.6 Å². The zero-order valence-electron chi connectivity index (χ0n) is 13.3. The third-order valence-corrected chi connectivity index (χ3v) is 4.14. The molecule has 1 aromatic heterocycles. The molecule has 8 heteroatoms. The molecule has 130 valence electrons. The Bertz CT molecular complexity index is 863. The molecule has 3 rings (SSSR count). The molecule has 1 N–H and O–H groups in total. The van der Waals surface area contributed by atoms with E-state index in [4.69, 9.17) is 0 Å². The van der Waals surface area contributed by atoms with Crippen molar-refractivity contribution in [3.8, 4) is 5.69 Å². The number of hydrogen-bond donors (Lipinski definition) is 1. The predicted octanol–water partition coefficient (Wildman–Crippen LogP) is 1.45. The number of benzene rings is 1. The Morgan fingerprint density at radius 1 is 1.12 bits per heavy atom. The number of carboxylic acid groups (broad SMARTS) is 1. The Balaban J connectivity index is 1.96. The SMILES string of the molecule is O=C(O)C1CCCCN1C(=O)c1ccc(=O)n(-c2ccc(F)cc2)n1. The van der Waals surface area contributed by atoms with Gasteiger partial charge >= 0.3 is 5.97 Å². The minimum atomic E-state index is -1.06. The molecule has 25 heavy (non-hydrogen) atoms. The molecule has 0 aliphatic carbocycles. The number of halogens is 1. The number of amides is 1. The highest BCUT2D eigenvalue weighted by atomic mass is 19.1. The van der Waals surface area contributed by atoms with E-state index in [0.717, 1.165) is 11.1 Å². The lowest BCUT2D eigenvalue weighted by Crippen LogP contribution is -2.48. The zero-order chi connectivity index (χ0) is 18.0. The van der Waals surface area contributed by atoms with Crippen LogP contribution in [0.25, 0.3) is 5.69 Å². The number of carboxylic acids is 1. The van der Waals surface area contributed by atoms with Crippen LogP contribution in [0.2, 0.25) is 0 Å². The summed E-state index contributed by atoms with van der Waals surface area (Å²) >= 11 is 0. The average molecular weight is 345 g/mol. The van der Waals surface area contributed by atoms with E-state index >= 15 is 0 Å². The van der Waals surface area contributed by atoms with Gasteiger partial charge in [0.25, 0.3) is 11.5 Å². The quantitative estimate of drug-likeness (QED) is 0.909. The first kappa shape index (κ1) is 16.8. The summed E-state index contributed by atoms with van der Waals surface area (Å²) in [7, 11) is 0. The van der Waals surface area contributed by atoms with Crippen molar-refractivity contribution in [2.75, 3.05) is 6.54 Å². The van der Waals surface area contributed by atoms with E-state index < -0.39 is 29.3 Å². The zero-order valence-corrected chi connectivity index (χ0v) is 13.3. The minimum absolute atomic E-state index is 0.0305. The van der Waals surface area contributed by atoms with Crippen LogP contribution in [-0.2, 0) is 4.79 Å². The Morgan fingerprint density at radius 2 is 1.84 bits per heavy atom. The van der Waals surface area contributed by atoms with Gasteiger partial charge in [-0.1, -0.05) is 0 Å². The van der Waals surface area contributed by atoms with E-state index in [-0.39, 0.29) is 5.69 Å². The van der Waals surface area contributed by atoms with E-state index in [1.807, 2.05) is 0 Å². The fourth-order valence-electron chi connectivity index (χ4n) is 2.87. The Kier molecular flexibility index (Phi) is 4.60. The lowest BCUT2D eigenvalue weighted by Gasteiger charge is -2.32. The second-order valence-electron chi connectivity index (χ2n) is 5.79. The highest BCUT2D eigenvalue weighted by Gasteiger charge is 2.33. The summed E-state index contributed by atoms with van der Waals surface area (Å²) in [5, 5.41) is 13.3. The molecule has 1 aliphatic rings. The van der Waals surface area contributed by atoms with Crippen LogP contribution in [0, 0.1) is 5.82 Å². The van der Waals surface area contributed by atoms with Crippen LogP contribution in [0.15, 0.2) is 41.2 Å². The van der Waals surface area contributed by atoms with Crippen LogP contribution in [0.4, 0.5) is 4.39 Å². The summed E-state index contributed by atoms with van der Waals surface area (Å²) in [4.78, 5) is 37.3. The number of rotatable bonds is 3. The topological polar surface area (TPSA) is 92.5 Å². The second kappa shape index (κ2) is 6.84. The van der Waals surface area contributed by atoms with Crippen molar-refractivity contribution in [1.29, 1.82) is 0 Å². The highest BCUT2D eigenvalue weighted by Crippen LogP contribution is 2.19. The molecule has 1 aliphatic heterocycles. The van der Waals surface area contributed by atoms with E-state index in [2.05, 4.69) is 5.10 Å². The molecule has 7 nitrogen and oxygen atoms in total. The Morgan fingerprint density at radius 3 is 2.52 bits per heavy atom. The molecule has 0 bridgehead atoms. The van der Waals surface area contributed by atoms with Crippen molar-refractivity contribution in [2.24, 2.45) is 0 Å². The van der Waals surface area contributed by atoms with Gasteiger partial charge in [-0.05, 0) is 49.6 Å². The molecule has 0 radical (unpaired) electrons. The summed E-state index contributed by atoms with van der Waals surface area (Å²) in [6, 6.07) is 6.68. The summed E-state index contributed by atoms with van der Waals surface area (Å²) in [6.45, 7) is 0.327. The normalized spacial score (nSPS) is 17.3. The van der Waals surface area contributed by atoms with Crippen molar-refractivity contribution in [1.82, 2.24) is 14.7 Å². The molecule has 2 heterocycles. The molecule has 0 saturated carbocycles. The second-order valence-corrected chi connectivity index (χ2v) is 5.79. The summed E-state index contributed by atoms with van der Waals surface area (Å²) in [5.41, 5.74) is -0.192. The number of aromatic nitrogens is 2. The molecule has 1 atom stereocenters. The number of nitrogens with zero attached hydrogens (tertiary/aromatic N) is 3. The third kappa shape index (κ3) is 3.42. The first-order valence-electron chi connectivity index (χ1n) is 7.87. The lowest BCUT2D eigenvalue weighted by molar-refractivity contribution is -0.143. The van der Waals surface area contributed by atoms with Crippen molar-refractivity contribution in [3.63, 3.8) is 0 Å². The monoisotopic (exact) mass is 345 g/mol. The van der Waals surface area contributed by atoms with Crippen LogP contribution in [0.3, 0.4) is 0 Å². The van der Waals surface area contributed by atoms with Crippen molar-refractivity contribution in [3.05, 3.63) is 58.3 Å². The van der Waals surface area contributed by atoms with Gasteiger partial charge in [0.05, 0.1) is 5.69 Å². The van der Waals surface area contributed by atoms with E-state index in [1.54, 1.807) is 0 Å². The first-order valence-corrected chi connectivity index (χ1v) is 7.87. The Labute approximate surface area is 142 Å². The smallest absolute Gasteiger partial charge is 0.326 e. The van der Waals surface area contributed by atoms with Gasteiger partial charge in [0.15, 0.2) is 0 Å². The molecule has 2 aromatic rings. The fraction of sp³-hybridized carbons (Fsp3) is 0.294. The Hall–Kier alpha value is -3.03. The van der Waals surface area contributed by atoms with E-state index in [1.165, 1.54) is 41.3 Å². The molecule has 1 unspecified atom stereocenters. The van der Waals surface area contributed by atoms with Gasteiger partial charge in [-0.3, -0.25) is 9.59 Å².